The average molecular weight is 353 g/mol. The Morgan fingerprint density at radius 2 is 2.15 bits per heavy atom. The summed E-state index contributed by atoms with van der Waals surface area (Å²) in [4.78, 5) is 3.72. The minimum Gasteiger partial charge on any atom is -0.373 e. The molecule has 2 N–H and O–H groups in total. The third-order valence-electron chi connectivity index (χ3n) is 3.25. The number of halogens is 1. The third-order valence-corrected chi connectivity index (χ3v) is 4.83. The second-order valence-electron chi connectivity index (χ2n) is 5.22. The minimum atomic E-state index is 0.198. The predicted octanol–water partition coefficient (Wildman–Crippen LogP) is 4.08. The van der Waals surface area contributed by atoms with E-state index in [1.807, 2.05) is 18.3 Å². The zero-order chi connectivity index (χ0) is 14.5. The van der Waals surface area contributed by atoms with Gasteiger partial charge in [-0.05, 0) is 64.8 Å². The molecule has 0 aliphatic rings. The van der Waals surface area contributed by atoms with Gasteiger partial charge in [0.05, 0.1) is 5.69 Å². The van der Waals surface area contributed by atoms with Crippen LogP contribution in [0.3, 0.4) is 0 Å². The molecule has 0 amide bonds. The van der Waals surface area contributed by atoms with Crippen LogP contribution >= 0.6 is 27.3 Å². The van der Waals surface area contributed by atoms with Gasteiger partial charge in [0.15, 0.2) is 0 Å². The van der Waals surface area contributed by atoms with Crippen molar-refractivity contribution in [2.24, 2.45) is 5.73 Å². The summed E-state index contributed by atoms with van der Waals surface area (Å²) in [5, 5.41) is 2.13. The number of nitrogens with two attached hydrogens (primary N) is 1. The van der Waals surface area contributed by atoms with E-state index in [9.17, 15) is 0 Å². The van der Waals surface area contributed by atoms with Gasteiger partial charge in [0.2, 0.25) is 0 Å². The molecule has 2 aromatic rings. The molecule has 0 spiro atoms. The molecule has 1 heterocycles. The van der Waals surface area contributed by atoms with Gasteiger partial charge in [-0.2, -0.15) is 0 Å². The lowest BCUT2D eigenvalue weighted by molar-refractivity contribution is 0.737. The summed E-state index contributed by atoms with van der Waals surface area (Å²) >= 11 is 5.50. The zero-order valence-corrected chi connectivity index (χ0v) is 14.4. The van der Waals surface area contributed by atoms with Gasteiger partial charge in [-0.25, -0.2) is 0 Å². The van der Waals surface area contributed by atoms with E-state index in [4.69, 9.17) is 5.73 Å². The fraction of sp³-hybridized carbons (Fsp3) is 0.375. The molecule has 108 valence electrons. The fourth-order valence-corrected chi connectivity index (χ4v) is 3.64. The van der Waals surface area contributed by atoms with Crippen molar-refractivity contribution in [1.29, 1.82) is 0 Å². The van der Waals surface area contributed by atoms with Gasteiger partial charge in [0.25, 0.3) is 0 Å². The van der Waals surface area contributed by atoms with Crippen LogP contribution in [0, 0.1) is 0 Å². The van der Waals surface area contributed by atoms with Crippen LogP contribution in [-0.2, 0) is 12.8 Å². The van der Waals surface area contributed by atoms with Crippen LogP contribution in [0.15, 0.2) is 40.2 Å². The molecule has 1 unspecified atom stereocenters. The van der Waals surface area contributed by atoms with Crippen molar-refractivity contribution in [3.8, 4) is 0 Å². The monoisotopic (exact) mass is 352 g/mol. The van der Waals surface area contributed by atoms with E-state index in [2.05, 4.69) is 63.6 Å². The second-order valence-corrected chi connectivity index (χ2v) is 7.10. The second kappa shape index (κ2) is 7.25. The maximum atomic E-state index is 5.85. The Morgan fingerprint density at radius 1 is 1.35 bits per heavy atom. The van der Waals surface area contributed by atoms with Crippen LogP contribution in [0.2, 0.25) is 0 Å². The summed E-state index contributed by atoms with van der Waals surface area (Å²) in [6.45, 7) is 3.06. The lowest BCUT2D eigenvalue weighted by Crippen LogP contribution is -2.21. The molecule has 1 aromatic carbocycles. The molecule has 0 radical (unpaired) electrons. The third kappa shape index (κ3) is 4.33. The molecule has 0 bridgehead atoms. The standard InChI is InChI=1S/C16H21BrN2S/c1-12(18)10-13-5-6-16(15(17)11-13)19(2)8-7-14-4-3-9-20-14/h3-6,9,11-12H,7-8,10,18H2,1-2H3. The molecule has 0 aliphatic carbocycles. The minimum absolute atomic E-state index is 0.198. The number of hydrogen-bond donors (Lipinski definition) is 1. The van der Waals surface area contributed by atoms with E-state index in [1.165, 1.54) is 16.1 Å². The van der Waals surface area contributed by atoms with E-state index in [0.717, 1.165) is 23.9 Å². The number of anilines is 1. The van der Waals surface area contributed by atoms with Crippen molar-refractivity contribution in [2.45, 2.75) is 25.8 Å². The smallest absolute Gasteiger partial charge is 0.0508 e. The van der Waals surface area contributed by atoms with Crippen molar-refractivity contribution in [2.75, 3.05) is 18.5 Å². The summed E-state index contributed by atoms with van der Waals surface area (Å²) in [5.41, 5.74) is 8.36. The lowest BCUT2D eigenvalue weighted by atomic mass is 10.1. The van der Waals surface area contributed by atoms with Crippen LogP contribution in [0.5, 0.6) is 0 Å². The zero-order valence-electron chi connectivity index (χ0n) is 12.0. The first-order valence-electron chi connectivity index (χ1n) is 6.84. The Balaban J connectivity index is 2.00. The quantitative estimate of drug-likeness (QED) is 0.848. The van der Waals surface area contributed by atoms with Crippen LogP contribution < -0.4 is 10.6 Å². The normalized spacial score (nSPS) is 12.4. The highest BCUT2D eigenvalue weighted by Gasteiger charge is 2.08. The van der Waals surface area contributed by atoms with Crippen LogP contribution in [0.1, 0.15) is 17.4 Å². The van der Waals surface area contributed by atoms with Crippen molar-refractivity contribution in [3.63, 3.8) is 0 Å². The summed E-state index contributed by atoms with van der Waals surface area (Å²) < 4.78 is 1.14. The van der Waals surface area contributed by atoms with Crippen molar-refractivity contribution in [1.82, 2.24) is 0 Å². The van der Waals surface area contributed by atoms with E-state index < -0.39 is 0 Å². The topological polar surface area (TPSA) is 29.3 Å². The number of thiophene rings is 1. The fourth-order valence-electron chi connectivity index (χ4n) is 2.21. The molecule has 1 atom stereocenters. The molecule has 2 rings (SSSR count). The Labute approximate surface area is 133 Å². The van der Waals surface area contributed by atoms with Gasteiger partial charge < -0.3 is 10.6 Å². The Bertz CT molecular complexity index is 537. The molecule has 1 aromatic heterocycles. The Kier molecular flexibility index (Phi) is 5.64. The highest BCUT2D eigenvalue weighted by molar-refractivity contribution is 9.10. The molecule has 20 heavy (non-hydrogen) atoms. The van der Waals surface area contributed by atoms with Crippen LogP contribution in [-0.4, -0.2) is 19.6 Å². The molecule has 2 nitrogen and oxygen atoms in total. The molecular formula is C16H21BrN2S. The molecule has 0 saturated carbocycles. The van der Waals surface area contributed by atoms with Gasteiger partial charge >= 0.3 is 0 Å². The number of likely N-dealkylation sites (N-methyl/N-ethyl adjacent to an activating group) is 1. The van der Waals surface area contributed by atoms with Crippen LogP contribution in [0.25, 0.3) is 0 Å². The number of nitrogens with zero attached hydrogens (tertiary/aromatic N) is 1. The van der Waals surface area contributed by atoms with Crippen LogP contribution in [0.4, 0.5) is 5.69 Å². The maximum Gasteiger partial charge on any atom is 0.0508 e. The maximum absolute atomic E-state index is 5.85. The van der Waals surface area contributed by atoms with E-state index in [-0.39, 0.29) is 6.04 Å². The number of rotatable bonds is 6. The summed E-state index contributed by atoms with van der Waals surface area (Å²) in [5.74, 6) is 0. The first-order valence-corrected chi connectivity index (χ1v) is 8.51. The Morgan fingerprint density at radius 3 is 2.75 bits per heavy atom. The van der Waals surface area contributed by atoms with Crippen molar-refractivity contribution >= 4 is 33.0 Å². The van der Waals surface area contributed by atoms with E-state index in [0.29, 0.717) is 0 Å². The van der Waals surface area contributed by atoms with E-state index >= 15 is 0 Å². The predicted molar refractivity (Wildman–Crippen MR) is 92.8 cm³/mol. The molecule has 0 aliphatic heterocycles. The van der Waals surface area contributed by atoms with E-state index in [1.54, 1.807) is 0 Å². The molecule has 0 saturated heterocycles. The SMILES string of the molecule is CC(N)Cc1ccc(N(C)CCc2cccs2)c(Br)c1. The Hall–Kier alpha value is -0.840. The number of hydrogen-bond acceptors (Lipinski definition) is 3. The first-order chi connectivity index (χ1) is 9.56. The average Bonchev–Trinajstić information content (AvgIpc) is 2.88. The summed E-state index contributed by atoms with van der Waals surface area (Å²) in [6.07, 6.45) is 2.00. The van der Waals surface area contributed by atoms with Gasteiger partial charge in [-0.1, -0.05) is 12.1 Å². The lowest BCUT2D eigenvalue weighted by Gasteiger charge is -2.21. The summed E-state index contributed by atoms with van der Waals surface area (Å²) in [7, 11) is 2.14. The molecular weight excluding hydrogens is 332 g/mol. The number of benzene rings is 1. The van der Waals surface area contributed by atoms with Crippen molar-refractivity contribution in [3.05, 3.63) is 50.6 Å². The van der Waals surface area contributed by atoms with Gasteiger partial charge in [0, 0.05) is 29.0 Å². The van der Waals surface area contributed by atoms with Crippen molar-refractivity contribution < 1.29 is 0 Å². The molecule has 4 heteroatoms. The highest BCUT2D eigenvalue weighted by Crippen LogP contribution is 2.27. The van der Waals surface area contributed by atoms with Gasteiger partial charge in [0.1, 0.15) is 0 Å². The summed E-state index contributed by atoms with van der Waals surface area (Å²) in [6, 6.07) is 11.0. The largest absolute Gasteiger partial charge is 0.373 e. The molecule has 0 fully saturated rings. The highest BCUT2D eigenvalue weighted by atomic mass is 79.9. The first kappa shape index (κ1) is 15.5. The van der Waals surface area contributed by atoms with Gasteiger partial charge in [-0.15, -0.1) is 11.3 Å². The van der Waals surface area contributed by atoms with Gasteiger partial charge in [-0.3, -0.25) is 0 Å².